The number of ether oxygens (including phenoxy) is 1. The third kappa shape index (κ3) is 3.69. The first-order valence-electron chi connectivity index (χ1n) is 8.64. The lowest BCUT2D eigenvalue weighted by Gasteiger charge is -2.13. The lowest BCUT2D eigenvalue weighted by molar-refractivity contribution is 0.406. The average molecular weight is 384 g/mol. The Hall–Kier alpha value is -2.78. The summed E-state index contributed by atoms with van der Waals surface area (Å²) < 4.78 is 7.46. The van der Waals surface area contributed by atoms with Crippen molar-refractivity contribution in [2.75, 3.05) is 12.8 Å². The molecule has 0 bridgehead atoms. The van der Waals surface area contributed by atoms with Crippen molar-refractivity contribution in [3.05, 3.63) is 39.9 Å². The van der Waals surface area contributed by atoms with Crippen LogP contribution < -0.4 is 10.5 Å². The fraction of sp³-hybridized carbons (Fsp3) is 0.350. The topological polar surface area (TPSA) is 78.8 Å². The Morgan fingerprint density at radius 2 is 2.04 bits per heavy atom. The van der Waals surface area contributed by atoms with Crippen molar-refractivity contribution in [2.24, 2.45) is 5.92 Å². The minimum absolute atomic E-state index is 0.126. The number of nitrogens with two attached hydrogens (primary N) is 1. The number of anilines is 1. The molecule has 3 heterocycles. The Balaban J connectivity index is 2.17. The normalized spacial score (nSPS) is 10.9. The predicted molar refractivity (Wildman–Crippen MR) is 108 cm³/mol. The first-order valence-corrected chi connectivity index (χ1v) is 9.02. The van der Waals surface area contributed by atoms with E-state index in [0.29, 0.717) is 22.7 Å². The molecule has 0 saturated heterocycles. The van der Waals surface area contributed by atoms with Crippen LogP contribution in [0.25, 0.3) is 11.0 Å². The minimum Gasteiger partial charge on any atom is -0.496 e. The van der Waals surface area contributed by atoms with Crippen molar-refractivity contribution in [2.45, 2.75) is 34.2 Å². The van der Waals surface area contributed by atoms with Crippen LogP contribution in [0, 0.1) is 31.6 Å². The van der Waals surface area contributed by atoms with Crippen LogP contribution >= 0.6 is 11.6 Å². The van der Waals surface area contributed by atoms with E-state index < -0.39 is 0 Å². The summed E-state index contributed by atoms with van der Waals surface area (Å²) in [6, 6.07) is 0. The second-order valence-corrected chi connectivity index (χ2v) is 7.07. The standard InChI is InChI=1S/C20H22ClN5O/c1-11(2)6-7-14-9-26(19-16(14)18(21)24-20(22)25-19)10-15-13(4)17(27-5)12(3)8-23-15/h8-9,11H,10H2,1-5H3,(H2,22,24,25). The van der Waals surface area contributed by atoms with Crippen molar-refractivity contribution in [1.82, 2.24) is 19.5 Å². The zero-order chi connectivity index (χ0) is 19.7. The molecule has 0 atom stereocenters. The molecule has 0 aromatic carbocycles. The van der Waals surface area contributed by atoms with E-state index in [1.165, 1.54) is 0 Å². The van der Waals surface area contributed by atoms with E-state index in [1.54, 1.807) is 7.11 Å². The van der Waals surface area contributed by atoms with Gasteiger partial charge in [-0.3, -0.25) is 4.98 Å². The predicted octanol–water partition coefficient (Wildman–Crippen LogP) is 3.74. The molecule has 0 saturated carbocycles. The maximum atomic E-state index is 6.35. The molecule has 27 heavy (non-hydrogen) atoms. The molecule has 3 aromatic rings. The van der Waals surface area contributed by atoms with E-state index in [4.69, 9.17) is 22.1 Å². The molecule has 140 valence electrons. The summed E-state index contributed by atoms with van der Waals surface area (Å²) in [6.45, 7) is 8.54. The minimum atomic E-state index is 0.126. The first kappa shape index (κ1) is 19.0. The van der Waals surface area contributed by atoms with Gasteiger partial charge in [0.15, 0.2) is 0 Å². The molecule has 3 rings (SSSR count). The maximum Gasteiger partial charge on any atom is 0.223 e. The van der Waals surface area contributed by atoms with E-state index in [9.17, 15) is 0 Å². The van der Waals surface area contributed by atoms with Crippen LogP contribution in [-0.2, 0) is 6.54 Å². The van der Waals surface area contributed by atoms with Crippen LogP contribution in [0.15, 0.2) is 12.4 Å². The van der Waals surface area contributed by atoms with E-state index in [2.05, 4.69) is 26.8 Å². The van der Waals surface area contributed by atoms with Crippen LogP contribution in [0.4, 0.5) is 5.95 Å². The molecule has 0 amide bonds. The van der Waals surface area contributed by atoms with Crippen LogP contribution in [0.3, 0.4) is 0 Å². The highest BCUT2D eigenvalue weighted by atomic mass is 35.5. The number of hydrogen-bond donors (Lipinski definition) is 1. The first-order chi connectivity index (χ1) is 12.8. The van der Waals surface area contributed by atoms with E-state index in [1.807, 2.05) is 44.7 Å². The van der Waals surface area contributed by atoms with Gasteiger partial charge in [0.25, 0.3) is 0 Å². The van der Waals surface area contributed by atoms with Gasteiger partial charge in [-0.25, -0.2) is 4.98 Å². The number of hydrogen-bond acceptors (Lipinski definition) is 5. The highest BCUT2D eigenvalue weighted by Gasteiger charge is 2.17. The average Bonchev–Trinajstić information content (AvgIpc) is 2.94. The SMILES string of the molecule is COc1c(C)cnc(Cn2cc(C#CC(C)C)c3c(Cl)nc(N)nc32)c1C. The molecule has 0 radical (unpaired) electrons. The molecule has 2 N–H and O–H groups in total. The lowest BCUT2D eigenvalue weighted by Crippen LogP contribution is -2.07. The van der Waals surface area contributed by atoms with Crippen LogP contribution in [0.5, 0.6) is 5.75 Å². The summed E-state index contributed by atoms with van der Waals surface area (Å²) in [4.78, 5) is 13.0. The summed E-state index contributed by atoms with van der Waals surface area (Å²) >= 11 is 6.35. The number of fused-ring (bicyclic) bond motifs is 1. The highest BCUT2D eigenvalue weighted by Crippen LogP contribution is 2.29. The Kier molecular flexibility index (Phi) is 5.24. The Bertz CT molecular complexity index is 1080. The number of nitrogen functional groups attached to an aromatic ring is 1. The summed E-state index contributed by atoms with van der Waals surface area (Å²) in [5.41, 5.74) is 10.1. The van der Waals surface area contributed by atoms with Gasteiger partial charge in [0.05, 0.1) is 30.3 Å². The molecular weight excluding hydrogens is 362 g/mol. The molecular formula is C20H22ClN5O. The number of aromatic nitrogens is 4. The van der Waals surface area contributed by atoms with Crippen molar-refractivity contribution in [3.63, 3.8) is 0 Å². The Labute approximate surface area is 163 Å². The fourth-order valence-electron chi connectivity index (χ4n) is 2.99. The van der Waals surface area contributed by atoms with Gasteiger partial charge in [-0.05, 0) is 13.8 Å². The molecule has 3 aromatic heterocycles. The zero-order valence-electron chi connectivity index (χ0n) is 16.1. The summed E-state index contributed by atoms with van der Waals surface area (Å²) in [7, 11) is 1.66. The zero-order valence-corrected chi connectivity index (χ0v) is 16.8. The quantitative estimate of drug-likeness (QED) is 0.550. The number of nitrogens with zero attached hydrogens (tertiary/aromatic N) is 4. The lowest BCUT2D eigenvalue weighted by atomic mass is 10.1. The van der Waals surface area contributed by atoms with Gasteiger partial charge in [-0.15, -0.1) is 0 Å². The highest BCUT2D eigenvalue weighted by molar-refractivity contribution is 6.34. The van der Waals surface area contributed by atoms with Crippen molar-refractivity contribution >= 4 is 28.6 Å². The number of aryl methyl sites for hydroxylation is 1. The second kappa shape index (κ2) is 7.45. The van der Waals surface area contributed by atoms with Crippen molar-refractivity contribution in [1.29, 1.82) is 0 Å². The van der Waals surface area contributed by atoms with E-state index in [-0.39, 0.29) is 11.9 Å². The maximum absolute atomic E-state index is 6.35. The molecule has 0 unspecified atom stereocenters. The van der Waals surface area contributed by atoms with E-state index >= 15 is 0 Å². The van der Waals surface area contributed by atoms with Gasteiger partial charge in [-0.1, -0.05) is 37.3 Å². The van der Waals surface area contributed by atoms with Gasteiger partial charge < -0.3 is 15.0 Å². The van der Waals surface area contributed by atoms with Crippen LogP contribution in [-0.4, -0.2) is 26.6 Å². The Morgan fingerprint density at radius 1 is 1.30 bits per heavy atom. The molecule has 0 aliphatic carbocycles. The summed E-state index contributed by atoms with van der Waals surface area (Å²) in [5.74, 6) is 7.55. The number of halogens is 1. The third-order valence-electron chi connectivity index (χ3n) is 4.25. The van der Waals surface area contributed by atoms with Crippen molar-refractivity contribution < 1.29 is 4.74 Å². The Morgan fingerprint density at radius 3 is 2.70 bits per heavy atom. The smallest absolute Gasteiger partial charge is 0.223 e. The third-order valence-corrected chi connectivity index (χ3v) is 4.53. The second-order valence-electron chi connectivity index (χ2n) is 6.71. The van der Waals surface area contributed by atoms with Gasteiger partial charge in [0, 0.05) is 29.4 Å². The number of pyridine rings is 1. The molecule has 0 aliphatic heterocycles. The number of methoxy groups -OCH3 is 1. The van der Waals surface area contributed by atoms with Crippen molar-refractivity contribution in [3.8, 4) is 17.6 Å². The molecule has 0 fully saturated rings. The monoisotopic (exact) mass is 383 g/mol. The molecule has 0 aliphatic rings. The van der Waals surface area contributed by atoms with E-state index in [0.717, 1.165) is 28.1 Å². The molecule has 0 spiro atoms. The van der Waals surface area contributed by atoms with Gasteiger partial charge in [0.2, 0.25) is 5.95 Å². The van der Waals surface area contributed by atoms with Gasteiger partial charge in [-0.2, -0.15) is 4.98 Å². The molecule has 6 nitrogen and oxygen atoms in total. The largest absolute Gasteiger partial charge is 0.496 e. The van der Waals surface area contributed by atoms with Gasteiger partial charge in [0.1, 0.15) is 16.5 Å². The number of rotatable bonds is 3. The van der Waals surface area contributed by atoms with Crippen LogP contribution in [0.1, 0.15) is 36.2 Å². The fourth-order valence-corrected chi connectivity index (χ4v) is 3.26. The summed E-state index contributed by atoms with van der Waals surface area (Å²) in [6.07, 6.45) is 3.73. The molecule has 7 heteroatoms. The van der Waals surface area contributed by atoms with Gasteiger partial charge >= 0.3 is 0 Å². The van der Waals surface area contributed by atoms with Crippen LogP contribution in [0.2, 0.25) is 5.15 Å². The summed E-state index contributed by atoms with van der Waals surface area (Å²) in [5, 5.41) is 1.01.